The summed E-state index contributed by atoms with van der Waals surface area (Å²) < 4.78 is 0. The molecule has 1 N–H and O–H groups in total. The number of carboxylic acid groups (broad SMARTS) is 1. The third-order valence-corrected chi connectivity index (χ3v) is 4.33. The van der Waals surface area contributed by atoms with Crippen molar-refractivity contribution in [1.82, 2.24) is 0 Å². The van der Waals surface area contributed by atoms with Crippen LogP contribution in [0.25, 0.3) is 0 Å². The average molecular weight is 290 g/mol. The van der Waals surface area contributed by atoms with E-state index >= 15 is 0 Å². The van der Waals surface area contributed by atoms with Crippen LogP contribution < -0.4 is 0 Å². The van der Waals surface area contributed by atoms with Crippen molar-refractivity contribution in [3.05, 3.63) is 34.9 Å². The Bertz CT molecular complexity index is 450. The lowest BCUT2D eigenvalue weighted by Gasteiger charge is -2.01. The van der Waals surface area contributed by atoms with Gasteiger partial charge >= 0.3 is 5.97 Å². The van der Waals surface area contributed by atoms with Crippen molar-refractivity contribution in [3.8, 4) is 0 Å². The van der Waals surface area contributed by atoms with Crippen LogP contribution in [0, 0.1) is 17.8 Å². The van der Waals surface area contributed by atoms with Gasteiger partial charge in [-0.2, -0.15) is 0 Å². The van der Waals surface area contributed by atoms with Crippen LogP contribution in [-0.4, -0.2) is 11.1 Å². The van der Waals surface area contributed by atoms with E-state index in [1.165, 1.54) is 16.7 Å². The summed E-state index contributed by atoms with van der Waals surface area (Å²) in [5.74, 6) is -0.239. The molecule has 0 aromatic carbocycles. The normalized spacial score (nSPS) is 25.7. The molecule has 0 saturated heterocycles. The summed E-state index contributed by atoms with van der Waals surface area (Å²) in [6.45, 7) is 10.6. The van der Waals surface area contributed by atoms with Crippen molar-refractivity contribution >= 4 is 5.97 Å². The van der Waals surface area contributed by atoms with E-state index in [2.05, 4.69) is 45.9 Å². The molecule has 1 saturated carbocycles. The number of hydrogen-bond acceptors (Lipinski definition) is 1. The van der Waals surface area contributed by atoms with Gasteiger partial charge in [0.2, 0.25) is 0 Å². The SMILES string of the molecule is CC(C)=CCCC(C)=CCCC(C)=C[C@@H]1[C@@H](C)[C@@H]1C(=O)O. The quantitative estimate of drug-likeness (QED) is 0.610. The Kier molecular flexibility index (Phi) is 6.94. The monoisotopic (exact) mass is 290 g/mol. The van der Waals surface area contributed by atoms with Crippen molar-refractivity contribution in [1.29, 1.82) is 0 Å². The van der Waals surface area contributed by atoms with Gasteiger partial charge < -0.3 is 5.11 Å². The summed E-state index contributed by atoms with van der Waals surface area (Å²) in [6, 6.07) is 0. The third-order valence-electron chi connectivity index (χ3n) is 4.33. The Morgan fingerprint density at radius 3 is 2.10 bits per heavy atom. The predicted molar refractivity (Wildman–Crippen MR) is 89.2 cm³/mol. The number of rotatable bonds is 8. The molecule has 1 rings (SSSR count). The lowest BCUT2D eigenvalue weighted by atomic mass is 10.1. The van der Waals surface area contributed by atoms with E-state index in [-0.39, 0.29) is 11.8 Å². The molecule has 0 radical (unpaired) electrons. The van der Waals surface area contributed by atoms with Gasteiger partial charge in [-0.3, -0.25) is 4.79 Å². The fourth-order valence-electron chi connectivity index (χ4n) is 2.79. The van der Waals surface area contributed by atoms with Gasteiger partial charge in [0.15, 0.2) is 0 Å². The van der Waals surface area contributed by atoms with Gasteiger partial charge in [-0.05, 0) is 65.2 Å². The first-order valence-corrected chi connectivity index (χ1v) is 8.02. The number of carboxylic acids is 1. The van der Waals surface area contributed by atoms with Crippen molar-refractivity contribution in [2.75, 3.05) is 0 Å². The number of allylic oxidation sites excluding steroid dienone is 6. The highest BCUT2D eigenvalue weighted by molar-refractivity contribution is 5.74. The van der Waals surface area contributed by atoms with Crippen molar-refractivity contribution in [3.63, 3.8) is 0 Å². The topological polar surface area (TPSA) is 37.3 Å². The third kappa shape index (κ3) is 6.33. The highest BCUT2D eigenvalue weighted by atomic mass is 16.4. The molecule has 0 bridgehead atoms. The molecule has 3 atom stereocenters. The zero-order chi connectivity index (χ0) is 16.0. The summed E-state index contributed by atoms with van der Waals surface area (Å²) in [7, 11) is 0. The van der Waals surface area contributed by atoms with Gasteiger partial charge in [-0.25, -0.2) is 0 Å². The minimum Gasteiger partial charge on any atom is -0.481 e. The van der Waals surface area contributed by atoms with Crippen molar-refractivity contribution < 1.29 is 9.90 Å². The van der Waals surface area contributed by atoms with Crippen LogP contribution >= 0.6 is 0 Å². The summed E-state index contributed by atoms with van der Waals surface area (Å²) in [4.78, 5) is 11.0. The Labute approximate surface area is 129 Å². The molecule has 2 nitrogen and oxygen atoms in total. The van der Waals surface area contributed by atoms with Crippen LogP contribution in [0.2, 0.25) is 0 Å². The zero-order valence-corrected chi connectivity index (χ0v) is 14.1. The smallest absolute Gasteiger partial charge is 0.307 e. The fourth-order valence-corrected chi connectivity index (χ4v) is 2.79. The van der Waals surface area contributed by atoms with E-state index in [9.17, 15) is 4.79 Å². The number of aliphatic carboxylic acids is 1. The van der Waals surface area contributed by atoms with Gasteiger partial charge in [0, 0.05) is 0 Å². The largest absolute Gasteiger partial charge is 0.481 e. The first-order chi connectivity index (χ1) is 9.82. The van der Waals surface area contributed by atoms with E-state index in [0.717, 1.165) is 25.7 Å². The van der Waals surface area contributed by atoms with Crippen LogP contribution in [0.3, 0.4) is 0 Å². The molecule has 0 heterocycles. The van der Waals surface area contributed by atoms with Gasteiger partial charge in [0.1, 0.15) is 0 Å². The van der Waals surface area contributed by atoms with Crippen molar-refractivity contribution in [2.24, 2.45) is 17.8 Å². The summed E-state index contributed by atoms with van der Waals surface area (Å²) in [5.41, 5.74) is 4.15. The number of hydrogen-bond donors (Lipinski definition) is 1. The lowest BCUT2D eigenvalue weighted by molar-refractivity contribution is -0.139. The summed E-state index contributed by atoms with van der Waals surface area (Å²) in [6.07, 6.45) is 11.1. The maximum absolute atomic E-state index is 11.0. The Morgan fingerprint density at radius 2 is 1.57 bits per heavy atom. The zero-order valence-electron chi connectivity index (χ0n) is 14.1. The summed E-state index contributed by atoms with van der Waals surface area (Å²) >= 11 is 0. The van der Waals surface area contributed by atoms with E-state index in [4.69, 9.17) is 5.11 Å². The molecule has 1 aliphatic carbocycles. The van der Waals surface area contributed by atoms with Crippen molar-refractivity contribution in [2.45, 2.75) is 60.3 Å². The highest BCUT2D eigenvalue weighted by Crippen LogP contribution is 2.47. The maximum Gasteiger partial charge on any atom is 0.307 e. The molecule has 0 aliphatic heterocycles. The van der Waals surface area contributed by atoms with Gasteiger partial charge in [0.25, 0.3) is 0 Å². The van der Waals surface area contributed by atoms with E-state index in [1.54, 1.807) is 0 Å². The molecule has 0 spiro atoms. The van der Waals surface area contributed by atoms with Gasteiger partial charge in [-0.15, -0.1) is 0 Å². The standard InChI is InChI=1S/C19H30O2/c1-13(2)8-6-9-14(3)10-7-11-15(4)12-17-16(5)18(17)19(20)21/h8,10,12,16-18H,6-7,9,11H2,1-5H3,(H,20,21)/t16-,17-,18+/m1/s1. The van der Waals surface area contributed by atoms with E-state index in [1.807, 2.05) is 6.92 Å². The Balaban J connectivity index is 2.32. The number of carbonyl (C=O) groups is 1. The second-order valence-electron chi connectivity index (χ2n) is 6.72. The van der Waals surface area contributed by atoms with Crippen LogP contribution in [0.1, 0.15) is 60.3 Å². The highest BCUT2D eigenvalue weighted by Gasteiger charge is 2.50. The van der Waals surface area contributed by atoms with Crippen LogP contribution in [0.15, 0.2) is 34.9 Å². The van der Waals surface area contributed by atoms with E-state index in [0.29, 0.717) is 5.92 Å². The molecule has 1 aliphatic rings. The van der Waals surface area contributed by atoms with Gasteiger partial charge in [-0.1, -0.05) is 41.9 Å². The van der Waals surface area contributed by atoms with E-state index < -0.39 is 5.97 Å². The Morgan fingerprint density at radius 1 is 1.00 bits per heavy atom. The molecular weight excluding hydrogens is 260 g/mol. The fraction of sp³-hybridized carbons (Fsp3) is 0.632. The molecule has 0 aromatic heterocycles. The minimum atomic E-state index is -0.647. The molecule has 2 heteroatoms. The van der Waals surface area contributed by atoms with Crippen LogP contribution in [-0.2, 0) is 4.79 Å². The molecule has 1 fully saturated rings. The molecule has 0 amide bonds. The molecular formula is C19H30O2. The van der Waals surface area contributed by atoms with Crippen LogP contribution in [0.5, 0.6) is 0 Å². The minimum absolute atomic E-state index is 0.152. The molecule has 0 unspecified atom stereocenters. The second-order valence-corrected chi connectivity index (χ2v) is 6.72. The van der Waals surface area contributed by atoms with Crippen LogP contribution in [0.4, 0.5) is 0 Å². The van der Waals surface area contributed by atoms with Gasteiger partial charge in [0.05, 0.1) is 5.92 Å². The molecule has 118 valence electrons. The molecule has 21 heavy (non-hydrogen) atoms. The average Bonchev–Trinajstić information content (AvgIpc) is 2.98. The Hall–Kier alpha value is -1.31. The lowest BCUT2D eigenvalue weighted by Crippen LogP contribution is -1.99. The second kappa shape index (κ2) is 8.21. The summed E-state index contributed by atoms with van der Waals surface area (Å²) in [5, 5.41) is 9.03. The first-order valence-electron chi connectivity index (χ1n) is 8.02. The predicted octanol–water partition coefficient (Wildman–Crippen LogP) is 5.37. The first kappa shape index (κ1) is 17.7. The molecule has 0 aromatic rings. The maximum atomic E-state index is 11.0.